The third kappa shape index (κ3) is 3.21. The third-order valence-electron chi connectivity index (χ3n) is 2.14. The summed E-state index contributed by atoms with van der Waals surface area (Å²) in [6.45, 7) is 5.62. The van der Waals surface area contributed by atoms with Gasteiger partial charge in [-0.05, 0) is 24.1 Å². The zero-order valence-corrected chi connectivity index (χ0v) is 10.1. The van der Waals surface area contributed by atoms with E-state index >= 15 is 0 Å². The number of nitrogens with zero attached hydrogens (tertiary/aromatic N) is 1. The van der Waals surface area contributed by atoms with Crippen LogP contribution in [-0.4, -0.2) is 14.7 Å². The maximum atomic E-state index is 11.2. The van der Waals surface area contributed by atoms with Crippen LogP contribution in [-0.2, 0) is 15.6 Å². The molecule has 0 saturated carbocycles. The van der Waals surface area contributed by atoms with E-state index in [0.717, 1.165) is 17.4 Å². The number of hydrogen-bond donors (Lipinski definition) is 0. The Morgan fingerprint density at radius 1 is 1.50 bits per heavy atom. The van der Waals surface area contributed by atoms with Gasteiger partial charge in [0.15, 0.2) is 9.84 Å². The molecule has 0 fully saturated rings. The van der Waals surface area contributed by atoms with Crippen molar-refractivity contribution in [3.05, 3.63) is 41.5 Å². The number of benzene rings is 1. The number of hydrogen-bond acceptors (Lipinski definition) is 3. The van der Waals surface area contributed by atoms with Crippen molar-refractivity contribution in [3.63, 3.8) is 0 Å². The van der Waals surface area contributed by atoms with E-state index in [1.54, 1.807) is 18.2 Å². The summed E-state index contributed by atoms with van der Waals surface area (Å²) >= 11 is 0. The molecular formula is C12H13NO2S. The molecule has 0 aliphatic rings. The van der Waals surface area contributed by atoms with Gasteiger partial charge >= 0.3 is 0 Å². The lowest BCUT2D eigenvalue weighted by molar-refractivity contribution is 0.601. The Bertz CT molecular complexity index is 565. The number of rotatable bonds is 3. The summed E-state index contributed by atoms with van der Waals surface area (Å²) in [4.78, 5) is 0. The van der Waals surface area contributed by atoms with Gasteiger partial charge in [-0.1, -0.05) is 24.3 Å². The molecule has 0 aliphatic carbocycles. The second kappa shape index (κ2) is 4.50. The zero-order chi connectivity index (χ0) is 12.3. The average Bonchev–Trinajstić information content (AvgIpc) is 2.15. The van der Waals surface area contributed by atoms with E-state index in [-0.39, 0.29) is 5.75 Å². The minimum absolute atomic E-state index is 0.105. The molecule has 0 radical (unpaired) electrons. The van der Waals surface area contributed by atoms with Crippen LogP contribution in [0.2, 0.25) is 0 Å². The first-order chi connectivity index (χ1) is 7.33. The van der Waals surface area contributed by atoms with Crippen LogP contribution in [0.15, 0.2) is 24.8 Å². The fourth-order valence-electron chi connectivity index (χ4n) is 1.35. The van der Waals surface area contributed by atoms with Gasteiger partial charge in [0.05, 0.1) is 17.4 Å². The molecule has 0 amide bonds. The van der Waals surface area contributed by atoms with Crippen molar-refractivity contribution >= 4 is 15.4 Å². The maximum Gasteiger partial charge on any atom is 0.151 e. The molecule has 1 aromatic carbocycles. The molecule has 0 atom stereocenters. The summed E-state index contributed by atoms with van der Waals surface area (Å²) in [5.41, 5.74) is 2.64. The minimum atomic E-state index is -3.12. The van der Waals surface area contributed by atoms with E-state index in [0.29, 0.717) is 11.1 Å². The molecule has 0 N–H and O–H groups in total. The van der Waals surface area contributed by atoms with Crippen LogP contribution in [0, 0.1) is 11.3 Å². The number of nitriles is 1. The van der Waals surface area contributed by atoms with E-state index in [2.05, 4.69) is 6.58 Å². The van der Waals surface area contributed by atoms with Gasteiger partial charge in [0.2, 0.25) is 0 Å². The van der Waals surface area contributed by atoms with E-state index in [1.807, 2.05) is 13.0 Å². The smallest absolute Gasteiger partial charge is 0.151 e. The lowest BCUT2D eigenvalue weighted by Crippen LogP contribution is -2.03. The van der Waals surface area contributed by atoms with Gasteiger partial charge in [0.1, 0.15) is 0 Å². The summed E-state index contributed by atoms with van der Waals surface area (Å²) < 4.78 is 22.3. The van der Waals surface area contributed by atoms with Crippen molar-refractivity contribution in [1.82, 2.24) is 0 Å². The predicted octanol–water partition coefficient (Wildman–Crippen LogP) is 2.14. The van der Waals surface area contributed by atoms with Crippen LogP contribution in [0.4, 0.5) is 0 Å². The van der Waals surface area contributed by atoms with Gasteiger partial charge in [-0.25, -0.2) is 8.42 Å². The molecule has 0 aromatic heterocycles. The molecule has 3 nitrogen and oxygen atoms in total. The molecular weight excluding hydrogens is 222 g/mol. The molecule has 1 aromatic rings. The Morgan fingerprint density at radius 2 is 2.12 bits per heavy atom. The van der Waals surface area contributed by atoms with Crippen molar-refractivity contribution in [2.24, 2.45) is 0 Å². The summed E-state index contributed by atoms with van der Waals surface area (Å²) in [6.07, 6.45) is 1.15. The second-order valence-corrected chi connectivity index (χ2v) is 5.97. The first-order valence-electron chi connectivity index (χ1n) is 4.70. The molecule has 0 aliphatic heterocycles. The number of sulfone groups is 1. The van der Waals surface area contributed by atoms with Gasteiger partial charge in [-0.3, -0.25) is 0 Å². The van der Waals surface area contributed by atoms with Crippen LogP contribution in [0.1, 0.15) is 23.6 Å². The standard InChI is InChI=1S/C12H13NO2S/c1-9(2)10-4-5-11(8-16(3,14)15)12(6-10)7-13/h4-6H,1,8H2,2-3H3. The monoisotopic (exact) mass is 235 g/mol. The van der Waals surface area contributed by atoms with E-state index < -0.39 is 9.84 Å². The first-order valence-corrected chi connectivity index (χ1v) is 6.76. The fraction of sp³-hybridized carbons (Fsp3) is 0.250. The van der Waals surface area contributed by atoms with E-state index in [4.69, 9.17) is 5.26 Å². The highest BCUT2D eigenvalue weighted by atomic mass is 32.2. The van der Waals surface area contributed by atoms with Crippen LogP contribution in [0.5, 0.6) is 0 Å². The highest BCUT2D eigenvalue weighted by molar-refractivity contribution is 7.89. The van der Waals surface area contributed by atoms with Gasteiger partial charge in [-0.15, -0.1) is 0 Å². The summed E-state index contributed by atoms with van der Waals surface area (Å²) in [7, 11) is -3.12. The Labute approximate surface area is 95.9 Å². The third-order valence-corrected chi connectivity index (χ3v) is 2.98. The summed E-state index contributed by atoms with van der Waals surface area (Å²) in [6, 6.07) is 7.13. The van der Waals surface area contributed by atoms with Crippen LogP contribution >= 0.6 is 0 Å². The lowest BCUT2D eigenvalue weighted by Gasteiger charge is -2.05. The highest BCUT2D eigenvalue weighted by Crippen LogP contribution is 2.18. The molecule has 0 unspecified atom stereocenters. The van der Waals surface area contributed by atoms with Crippen molar-refractivity contribution in [2.75, 3.05) is 6.26 Å². The predicted molar refractivity (Wildman–Crippen MR) is 64.4 cm³/mol. The Hall–Kier alpha value is -1.60. The Kier molecular flexibility index (Phi) is 3.51. The Morgan fingerprint density at radius 3 is 2.56 bits per heavy atom. The maximum absolute atomic E-state index is 11.2. The van der Waals surface area contributed by atoms with Crippen molar-refractivity contribution < 1.29 is 8.42 Å². The minimum Gasteiger partial charge on any atom is -0.229 e. The van der Waals surface area contributed by atoms with Crippen LogP contribution in [0.25, 0.3) is 5.57 Å². The van der Waals surface area contributed by atoms with Gasteiger partial charge in [0, 0.05) is 6.26 Å². The largest absolute Gasteiger partial charge is 0.229 e. The van der Waals surface area contributed by atoms with Gasteiger partial charge in [-0.2, -0.15) is 5.26 Å². The van der Waals surface area contributed by atoms with Crippen molar-refractivity contribution in [2.45, 2.75) is 12.7 Å². The Balaban J connectivity index is 3.24. The van der Waals surface area contributed by atoms with Gasteiger partial charge < -0.3 is 0 Å². The number of allylic oxidation sites excluding steroid dienone is 1. The fourth-order valence-corrected chi connectivity index (χ4v) is 2.17. The molecule has 0 spiro atoms. The topological polar surface area (TPSA) is 57.9 Å². The quantitative estimate of drug-likeness (QED) is 0.806. The molecule has 0 saturated heterocycles. The normalized spacial score (nSPS) is 10.8. The van der Waals surface area contributed by atoms with E-state index in [1.165, 1.54) is 0 Å². The highest BCUT2D eigenvalue weighted by Gasteiger charge is 2.10. The van der Waals surface area contributed by atoms with Crippen molar-refractivity contribution in [3.8, 4) is 6.07 Å². The van der Waals surface area contributed by atoms with E-state index in [9.17, 15) is 8.42 Å². The molecule has 84 valence electrons. The molecule has 0 heterocycles. The molecule has 1 rings (SSSR count). The average molecular weight is 235 g/mol. The first kappa shape index (κ1) is 12.5. The summed E-state index contributed by atoms with van der Waals surface area (Å²) in [5, 5.41) is 8.95. The van der Waals surface area contributed by atoms with Crippen LogP contribution in [0.3, 0.4) is 0 Å². The second-order valence-electron chi connectivity index (χ2n) is 3.83. The zero-order valence-electron chi connectivity index (χ0n) is 9.32. The van der Waals surface area contributed by atoms with Crippen molar-refractivity contribution in [1.29, 1.82) is 5.26 Å². The SMILES string of the molecule is C=C(C)c1ccc(CS(C)(=O)=O)c(C#N)c1. The molecule has 0 bridgehead atoms. The lowest BCUT2D eigenvalue weighted by atomic mass is 10.0. The molecule has 4 heteroatoms. The molecule has 16 heavy (non-hydrogen) atoms. The van der Waals surface area contributed by atoms with Crippen LogP contribution < -0.4 is 0 Å². The summed E-state index contributed by atoms with van der Waals surface area (Å²) in [5.74, 6) is -0.105. The van der Waals surface area contributed by atoms with Gasteiger partial charge in [0.25, 0.3) is 0 Å².